The first-order chi connectivity index (χ1) is 8.69. The highest BCUT2D eigenvalue weighted by molar-refractivity contribution is 6.05. The maximum atomic E-state index is 11.8. The Balaban J connectivity index is 2.08. The van der Waals surface area contributed by atoms with Gasteiger partial charge in [0.05, 0.1) is 0 Å². The number of benzene rings is 1. The molecule has 0 unspecified atom stereocenters. The van der Waals surface area contributed by atoms with Crippen LogP contribution < -0.4 is 0 Å². The number of nitrogens with zero attached hydrogens (tertiary/aromatic N) is 2. The minimum absolute atomic E-state index is 0.0739. The van der Waals surface area contributed by atoms with Gasteiger partial charge in [0.1, 0.15) is 5.69 Å². The molecule has 0 aliphatic rings. The van der Waals surface area contributed by atoms with E-state index in [1.54, 1.807) is 30.1 Å². The average molecular weight is 240 g/mol. The Labute approximate surface area is 107 Å². The number of aromatic nitrogens is 2. The summed E-state index contributed by atoms with van der Waals surface area (Å²) >= 11 is 0. The van der Waals surface area contributed by atoms with Crippen LogP contribution in [-0.4, -0.2) is 15.6 Å². The van der Waals surface area contributed by atoms with Crippen LogP contribution in [-0.2, 0) is 13.5 Å². The summed E-state index contributed by atoms with van der Waals surface area (Å²) in [7, 11) is 1.80. The number of carbonyl (C=O) groups is 1. The van der Waals surface area contributed by atoms with Crippen molar-refractivity contribution < 1.29 is 4.79 Å². The van der Waals surface area contributed by atoms with E-state index in [0.29, 0.717) is 5.69 Å². The summed E-state index contributed by atoms with van der Waals surface area (Å²) in [4.78, 5) is 11.8. The van der Waals surface area contributed by atoms with E-state index in [-0.39, 0.29) is 5.78 Å². The highest BCUT2D eigenvalue weighted by Crippen LogP contribution is 2.07. The molecule has 0 amide bonds. The lowest BCUT2D eigenvalue weighted by atomic mass is 10.1. The van der Waals surface area contributed by atoms with Crippen molar-refractivity contribution >= 4 is 11.9 Å². The topological polar surface area (TPSA) is 34.9 Å². The molecule has 1 aromatic carbocycles. The number of carbonyl (C=O) groups excluding carboxylic acids is 1. The summed E-state index contributed by atoms with van der Waals surface area (Å²) in [6.07, 6.45) is 6.16. The Morgan fingerprint density at radius 1 is 1.28 bits per heavy atom. The summed E-state index contributed by atoms with van der Waals surface area (Å²) in [5.74, 6) is -0.0739. The number of ketones is 1. The Hall–Kier alpha value is -2.16. The van der Waals surface area contributed by atoms with E-state index in [1.807, 2.05) is 18.2 Å². The largest absolute Gasteiger partial charge is 0.287 e. The minimum atomic E-state index is -0.0739. The standard InChI is InChI=1S/C15H16N2O/c1-3-12-4-6-13(7-5-12)8-9-15(18)14-10-11-17(2)16-14/h4-11H,3H2,1-2H3/b9-8+. The maximum Gasteiger partial charge on any atom is 0.206 e. The smallest absolute Gasteiger partial charge is 0.206 e. The van der Waals surface area contributed by atoms with Gasteiger partial charge >= 0.3 is 0 Å². The quantitative estimate of drug-likeness (QED) is 0.608. The molecule has 0 aliphatic carbocycles. The maximum absolute atomic E-state index is 11.8. The van der Waals surface area contributed by atoms with Crippen molar-refractivity contribution in [3.8, 4) is 0 Å². The van der Waals surface area contributed by atoms with E-state index in [4.69, 9.17) is 0 Å². The normalized spacial score (nSPS) is 11.0. The molecule has 0 radical (unpaired) electrons. The fourth-order valence-corrected chi connectivity index (χ4v) is 1.67. The van der Waals surface area contributed by atoms with E-state index in [9.17, 15) is 4.79 Å². The van der Waals surface area contributed by atoms with Gasteiger partial charge in [-0.3, -0.25) is 9.48 Å². The van der Waals surface area contributed by atoms with Crippen LogP contribution in [0.25, 0.3) is 6.08 Å². The SMILES string of the molecule is CCc1ccc(/C=C/C(=O)c2ccn(C)n2)cc1. The number of hydrogen-bond donors (Lipinski definition) is 0. The molecule has 0 saturated heterocycles. The van der Waals surface area contributed by atoms with Gasteiger partial charge in [-0.1, -0.05) is 37.3 Å². The zero-order valence-electron chi connectivity index (χ0n) is 10.6. The van der Waals surface area contributed by atoms with Gasteiger partial charge in [-0.2, -0.15) is 5.10 Å². The Morgan fingerprint density at radius 3 is 2.56 bits per heavy atom. The average Bonchev–Trinajstić information content (AvgIpc) is 2.83. The van der Waals surface area contributed by atoms with Crippen molar-refractivity contribution in [2.45, 2.75) is 13.3 Å². The highest BCUT2D eigenvalue weighted by atomic mass is 16.1. The molecule has 3 heteroatoms. The summed E-state index contributed by atoms with van der Waals surface area (Å²) in [5, 5.41) is 4.07. The molecule has 18 heavy (non-hydrogen) atoms. The molecule has 3 nitrogen and oxygen atoms in total. The first-order valence-electron chi connectivity index (χ1n) is 6.00. The third-order valence-electron chi connectivity index (χ3n) is 2.78. The molecule has 2 aromatic rings. The first-order valence-corrected chi connectivity index (χ1v) is 6.00. The van der Waals surface area contributed by atoms with Crippen LogP contribution in [0.1, 0.15) is 28.5 Å². The molecule has 0 aliphatic heterocycles. The molecule has 1 aromatic heterocycles. The van der Waals surface area contributed by atoms with Gasteiger partial charge < -0.3 is 0 Å². The molecule has 92 valence electrons. The third-order valence-corrected chi connectivity index (χ3v) is 2.78. The number of aryl methyl sites for hydroxylation is 2. The van der Waals surface area contributed by atoms with Gasteiger partial charge in [-0.15, -0.1) is 0 Å². The second-order valence-corrected chi connectivity index (χ2v) is 4.17. The minimum Gasteiger partial charge on any atom is -0.287 e. The third kappa shape index (κ3) is 2.94. The lowest BCUT2D eigenvalue weighted by Crippen LogP contribution is -1.97. The van der Waals surface area contributed by atoms with Crippen LogP contribution in [0.4, 0.5) is 0 Å². The number of hydrogen-bond acceptors (Lipinski definition) is 2. The summed E-state index contributed by atoms with van der Waals surface area (Å²) < 4.78 is 1.62. The number of rotatable bonds is 4. The van der Waals surface area contributed by atoms with Gasteiger partial charge in [0.25, 0.3) is 0 Å². The number of allylic oxidation sites excluding steroid dienone is 1. The predicted octanol–water partition coefficient (Wildman–Crippen LogP) is 2.88. The molecule has 0 atom stereocenters. The predicted molar refractivity (Wildman–Crippen MR) is 72.4 cm³/mol. The molecule has 0 fully saturated rings. The molecule has 0 saturated carbocycles. The van der Waals surface area contributed by atoms with E-state index in [1.165, 1.54) is 5.56 Å². The fraction of sp³-hybridized carbons (Fsp3) is 0.200. The molecule has 2 rings (SSSR count). The van der Waals surface area contributed by atoms with E-state index in [2.05, 4.69) is 24.2 Å². The van der Waals surface area contributed by atoms with Gasteiger partial charge in [-0.05, 0) is 29.7 Å². The van der Waals surface area contributed by atoms with Gasteiger partial charge in [-0.25, -0.2) is 0 Å². The lowest BCUT2D eigenvalue weighted by Gasteiger charge is -1.96. The van der Waals surface area contributed by atoms with Crippen LogP contribution in [0.3, 0.4) is 0 Å². The summed E-state index contributed by atoms with van der Waals surface area (Å²) in [6.45, 7) is 2.12. The molecule has 0 spiro atoms. The second-order valence-electron chi connectivity index (χ2n) is 4.17. The molecule has 0 bridgehead atoms. The van der Waals surface area contributed by atoms with Crippen molar-refractivity contribution in [2.75, 3.05) is 0 Å². The molecular formula is C15H16N2O. The van der Waals surface area contributed by atoms with Crippen LogP contribution in [0, 0.1) is 0 Å². The highest BCUT2D eigenvalue weighted by Gasteiger charge is 2.04. The van der Waals surface area contributed by atoms with Crippen molar-refractivity contribution in [3.05, 3.63) is 59.4 Å². The lowest BCUT2D eigenvalue weighted by molar-refractivity contribution is 0.104. The van der Waals surface area contributed by atoms with E-state index < -0.39 is 0 Å². The van der Waals surface area contributed by atoms with Crippen molar-refractivity contribution in [3.63, 3.8) is 0 Å². The van der Waals surface area contributed by atoms with Crippen molar-refractivity contribution in [2.24, 2.45) is 7.05 Å². The summed E-state index contributed by atoms with van der Waals surface area (Å²) in [5.41, 5.74) is 2.79. The summed E-state index contributed by atoms with van der Waals surface area (Å²) in [6, 6.07) is 9.89. The Bertz CT molecular complexity index is 564. The van der Waals surface area contributed by atoms with Crippen LogP contribution >= 0.6 is 0 Å². The zero-order chi connectivity index (χ0) is 13.0. The molecule has 1 heterocycles. The van der Waals surface area contributed by atoms with E-state index >= 15 is 0 Å². The van der Waals surface area contributed by atoms with Crippen LogP contribution in [0.2, 0.25) is 0 Å². The Kier molecular flexibility index (Phi) is 3.72. The monoisotopic (exact) mass is 240 g/mol. The Morgan fingerprint density at radius 2 is 2.00 bits per heavy atom. The van der Waals surface area contributed by atoms with Crippen molar-refractivity contribution in [1.82, 2.24) is 9.78 Å². The van der Waals surface area contributed by atoms with Gasteiger partial charge in [0, 0.05) is 13.2 Å². The van der Waals surface area contributed by atoms with Crippen molar-refractivity contribution in [1.29, 1.82) is 0 Å². The molecule has 0 N–H and O–H groups in total. The first kappa shape index (κ1) is 12.3. The zero-order valence-corrected chi connectivity index (χ0v) is 10.6. The fourth-order valence-electron chi connectivity index (χ4n) is 1.67. The van der Waals surface area contributed by atoms with Crippen LogP contribution in [0.5, 0.6) is 0 Å². The van der Waals surface area contributed by atoms with E-state index in [0.717, 1.165) is 12.0 Å². The molecular weight excluding hydrogens is 224 g/mol. The van der Waals surface area contributed by atoms with Crippen LogP contribution in [0.15, 0.2) is 42.6 Å². The second kappa shape index (κ2) is 5.45. The van der Waals surface area contributed by atoms with Gasteiger partial charge in [0.15, 0.2) is 0 Å². The van der Waals surface area contributed by atoms with Gasteiger partial charge in [0.2, 0.25) is 5.78 Å².